The summed E-state index contributed by atoms with van der Waals surface area (Å²) in [5, 5.41) is 20.7. The summed E-state index contributed by atoms with van der Waals surface area (Å²) in [6, 6.07) is 21.9. The van der Waals surface area contributed by atoms with Gasteiger partial charge >= 0.3 is 17.9 Å². The molecule has 1 aliphatic rings. The Kier molecular flexibility index (Phi) is 8.48. The second kappa shape index (κ2) is 12.0. The van der Waals surface area contributed by atoms with E-state index < -0.39 is 23.8 Å². The maximum atomic E-state index is 13.2. The number of allylic oxidation sites excluding steroid dienone is 1. The molecule has 0 bridgehead atoms. The quantitative estimate of drug-likeness (QED) is 0.366. The topological polar surface area (TPSA) is 143 Å². The summed E-state index contributed by atoms with van der Waals surface area (Å²) >= 11 is 7.16. The predicted octanol–water partition coefficient (Wildman–Crippen LogP) is 5.09. The van der Waals surface area contributed by atoms with Crippen molar-refractivity contribution in [2.75, 3.05) is 19.1 Å². The van der Waals surface area contributed by atoms with E-state index in [4.69, 9.17) is 26.8 Å². The maximum Gasteiger partial charge on any atom is 0.355 e. The van der Waals surface area contributed by atoms with E-state index in [-0.39, 0.29) is 33.9 Å². The number of carboxylic acid groups (broad SMARTS) is 1. The summed E-state index contributed by atoms with van der Waals surface area (Å²) in [6.07, 6.45) is 0. The number of halogens is 1. The molecule has 3 aromatic rings. The highest BCUT2D eigenvalue weighted by atomic mass is 35.5. The van der Waals surface area contributed by atoms with Gasteiger partial charge in [0.15, 0.2) is 0 Å². The molecule has 3 N–H and O–H groups in total. The molecule has 0 saturated heterocycles. The van der Waals surface area contributed by atoms with Crippen molar-refractivity contribution >= 4 is 47.0 Å². The first kappa shape index (κ1) is 28.3. The lowest BCUT2D eigenvalue weighted by atomic mass is 9.81. The molecular weight excluding hydrogens is 554 g/mol. The molecule has 1 aliphatic heterocycles. The van der Waals surface area contributed by atoms with Crippen LogP contribution < -0.4 is 10.6 Å². The monoisotopic (exact) mass is 575 g/mol. The average molecular weight is 576 g/mol. The summed E-state index contributed by atoms with van der Waals surface area (Å²) in [4.78, 5) is 41.0. The van der Waals surface area contributed by atoms with Crippen molar-refractivity contribution in [2.45, 2.75) is 15.7 Å². The van der Waals surface area contributed by atoms with E-state index in [1.165, 1.54) is 23.9 Å². The first-order chi connectivity index (χ1) is 19.2. The normalized spacial score (nSPS) is 14.9. The molecule has 1 unspecified atom stereocenters. The molecule has 0 spiro atoms. The van der Waals surface area contributed by atoms with Crippen LogP contribution in [0.3, 0.4) is 0 Å². The number of aromatic carboxylic acids is 1. The van der Waals surface area contributed by atoms with Crippen LogP contribution in [-0.2, 0) is 19.1 Å². The van der Waals surface area contributed by atoms with Crippen molar-refractivity contribution < 1.29 is 29.0 Å². The number of carboxylic acids is 1. The Hall–Kier alpha value is -4.72. The van der Waals surface area contributed by atoms with Gasteiger partial charge in [-0.05, 0) is 48.0 Å². The number of carbonyl (C=O) groups is 3. The second-order valence-corrected chi connectivity index (χ2v) is 9.93. The van der Waals surface area contributed by atoms with Gasteiger partial charge in [0.25, 0.3) is 0 Å². The summed E-state index contributed by atoms with van der Waals surface area (Å²) in [5.74, 6) is -4.26. The number of esters is 2. The number of methoxy groups -OCH3 is 2. The van der Waals surface area contributed by atoms with Crippen molar-refractivity contribution in [3.05, 3.63) is 112 Å². The van der Waals surface area contributed by atoms with Gasteiger partial charge in [-0.3, -0.25) is 4.90 Å². The van der Waals surface area contributed by atoms with Gasteiger partial charge in [0.05, 0.1) is 42.9 Å². The second-order valence-electron chi connectivity index (χ2n) is 8.38. The van der Waals surface area contributed by atoms with Gasteiger partial charge < -0.3 is 20.3 Å². The molecule has 0 fully saturated rings. The Morgan fingerprint density at radius 1 is 1.00 bits per heavy atom. The van der Waals surface area contributed by atoms with Gasteiger partial charge in [-0.25, -0.2) is 14.4 Å². The lowest BCUT2D eigenvalue weighted by Crippen LogP contribution is -2.40. The fraction of sp³-hybridized carbons (Fsp3) is 0.103. The molecule has 4 rings (SSSR count). The van der Waals surface area contributed by atoms with Gasteiger partial charge in [-0.15, -0.1) is 0 Å². The Morgan fingerprint density at radius 2 is 1.65 bits per heavy atom. The zero-order chi connectivity index (χ0) is 29.0. The zero-order valence-electron chi connectivity index (χ0n) is 21.3. The van der Waals surface area contributed by atoms with E-state index in [9.17, 15) is 24.8 Å². The number of nitrogens with zero attached hydrogens (tertiary/aromatic N) is 2. The van der Waals surface area contributed by atoms with Gasteiger partial charge in [-0.2, -0.15) is 5.26 Å². The van der Waals surface area contributed by atoms with E-state index >= 15 is 0 Å². The van der Waals surface area contributed by atoms with Crippen molar-refractivity contribution in [1.82, 2.24) is 0 Å². The predicted molar refractivity (Wildman–Crippen MR) is 149 cm³/mol. The summed E-state index contributed by atoms with van der Waals surface area (Å²) in [6.45, 7) is 0. The number of hydrogen-bond donors (Lipinski definition) is 2. The molecule has 1 atom stereocenters. The first-order valence-corrected chi connectivity index (χ1v) is 12.9. The average Bonchev–Trinajstić information content (AvgIpc) is 2.97. The number of nitriles is 1. The van der Waals surface area contributed by atoms with Crippen LogP contribution in [0.4, 0.5) is 5.69 Å². The molecule has 0 amide bonds. The zero-order valence-corrected chi connectivity index (χ0v) is 22.8. The molecule has 0 aliphatic carbocycles. The van der Waals surface area contributed by atoms with Crippen molar-refractivity contribution in [2.24, 2.45) is 5.73 Å². The maximum absolute atomic E-state index is 13.2. The summed E-state index contributed by atoms with van der Waals surface area (Å²) in [5.41, 5.74) is 6.54. The largest absolute Gasteiger partial charge is 0.478 e. The highest BCUT2D eigenvalue weighted by Crippen LogP contribution is 2.44. The summed E-state index contributed by atoms with van der Waals surface area (Å²) in [7, 11) is 2.28. The first-order valence-electron chi connectivity index (χ1n) is 11.7. The fourth-order valence-corrected chi connectivity index (χ4v) is 5.37. The molecule has 0 radical (unpaired) electrons. The minimum absolute atomic E-state index is 0.0317. The van der Waals surface area contributed by atoms with Gasteiger partial charge in [0.2, 0.25) is 0 Å². The molecule has 3 aromatic carbocycles. The molecule has 0 aromatic heterocycles. The standard InChI is InChI=1S/C29H22ClN3O6S/c1-38-28(36)24-23(16-6-4-3-5-7-16)21(15-31)26(32)33(25(24)29(37)39-2)18-10-13-22(20(14-18)27(34)35)40-19-11-8-17(30)9-12-19/h3-14,23H,32H2,1-2H3,(H,34,35). The van der Waals surface area contributed by atoms with E-state index in [2.05, 4.69) is 6.07 Å². The lowest BCUT2D eigenvalue weighted by molar-refractivity contribution is -0.139. The third-order valence-electron chi connectivity index (χ3n) is 6.10. The lowest BCUT2D eigenvalue weighted by Gasteiger charge is -2.36. The van der Waals surface area contributed by atoms with Crippen molar-refractivity contribution in [3.8, 4) is 6.07 Å². The van der Waals surface area contributed by atoms with Crippen molar-refractivity contribution in [1.29, 1.82) is 5.26 Å². The minimum Gasteiger partial charge on any atom is -0.478 e. The minimum atomic E-state index is -1.24. The highest BCUT2D eigenvalue weighted by molar-refractivity contribution is 7.99. The van der Waals surface area contributed by atoms with Gasteiger partial charge in [-0.1, -0.05) is 53.7 Å². The highest BCUT2D eigenvalue weighted by Gasteiger charge is 2.43. The Labute approximate surface area is 239 Å². The molecule has 11 heteroatoms. The van der Waals surface area contributed by atoms with E-state index in [0.717, 1.165) is 24.0 Å². The smallest absolute Gasteiger partial charge is 0.355 e. The van der Waals surface area contributed by atoms with Crippen LogP contribution in [0.5, 0.6) is 0 Å². The molecule has 202 valence electrons. The molecule has 1 heterocycles. The fourth-order valence-electron chi connectivity index (χ4n) is 4.32. The number of nitrogens with two attached hydrogens (primary N) is 1. The third kappa shape index (κ3) is 5.38. The molecular formula is C29H22ClN3O6S. The van der Waals surface area contributed by atoms with Gasteiger partial charge in [0, 0.05) is 20.5 Å². The third-order valence-corrected chi connectivity index (χ3v) is 7.44. The number of carbonyl (C=O) groups excluding carboxylic acids is 2. The number of rotatable bonds is 7. The van der Waals surface area contributed by atoms with E-state index in [1.807, 2.05) is 0 Å². The van der Waals surface area contributed by atoms with E-state index in [0.29, 0.717) is 15.5 Å². The number of ether oxygens (including phenoxy) is 2. The van der Waals surface area contributed by atoms with Gasteiger partial charge in [0.1, 0.15) is 11.5 Å². The Balaban J connectivity index is 1.96. The number of anilines is 1. The van der Waals surface area contributed by atoms with Crippen LogP contribution in [0.2, 0.25) is 5.02 Å². The molecule has 0 saturated carbocycles. The van der Waals surface area contributed by atoms with Crippen LogP contribution in [0.1, 0.15) is 21.8 Å². The number of hydrogen-bond acceptors (Lipinski definition) is 9. The van der Waals surface area contributed by atoms with Crippen LogP contribution >= 0.6 is 23.4 Å². The van der Waals surface area contributed by atoms with Crippen LogP contribution in [0, 0.1) is 11.3 Å². The van der Waals surface area contributed by atoms with Crippen molar-refractivity contribution in [3.63, 3.8) is 0 Å². The van der Waals surface area contributed by atoms with Crippen LogP contribution in [-0.4, -0.2) is 37.2 Å². The molecule has 9 nitrogen and oxygen atoms in total. The SMILES string of the molecule is COC(=O)C1=C(C(=O)OC)N(c2ccc(Sc3ccc(Cl)cc3)c(C(=O)O)c2)C(N)=C(C#N)C1c1ccccc1. The van der Waals surface area contributed by atoms with E-state index in [1.54, 1.807) is 60.7 Å². The van der Waals surface area contributed by atoms with Crippen LogP contribution in [0.25, 0.3) is 0 Å². The number of benzene rings is 3. The Bertz CT molecular complexity index is 1600. The van der Waals surface area contributed by atoms with Crippen LogP contribution in [0.15, 0.2) is 105 Å². The summed E-state index contributed by atoms with van der Waals surface area (Å²) < 4.78 is 10.0. The molecule has 40 heavy (non-hydrogen) atoms. The Morgan fingerprint density at radius 3 is 2.23 bits per heavy atom.